The van der Waals surface area contributed by atoms with Gasteiger partial charge in [-0.25, -0.2) is 0 Å². The van der Waals surface area contributed by atoms with E-state index in [0.717, 1.165) is 11.8 Å². The second-order valence-electron chi connectivity index (χ2n) is 2.55. The largest absolute Gasteiger partial charge is 0.0880 e. The highest BCUT2D eigenvalue weighted by molar-refractivity contribution is 5.03. The van der Waals surface area contributed by atoms with E-state index in [1.165, 1.54) is 6.42 Å². The van der Waals surface area contributed by atoms with Gasteiger partial charge in [0, 0.05) is 0 Å². The van der Waals surface area contributed by atoms with Gasteiger partial charge in [0.25, 0.3) is 0 Å². The molecule has 0 aromatic carbocycles. The minimum absolute atomic E-state index is 0.759. The van der Waals surface area contributed by atoms with Crippen molar-refractivity contribution in [2.75, 3.05) is 0 Å². The first kappa shape index (κ1) is 5.87. The van der Waals surface area contributed by atoms with E-state index in [1.54, 1.807) is 0 Å². The van der Waals surface area contributed by atoms with E-state index >= 15 is 0 Å². The first-order valence-electron chi connectivity index (χ1n) is 3.30. The first-order chi connectivity index (χ1) is 3.84. The summed E-state index contributed by atoms with van der Waals surface area (Å²) < 4.78 is 0. The maximum atomic E-state index is 2.30. The quantitative estimate of drug-likeness (QED) is 0.454. The summed E-state index contributed by atoms with van der Waals surface area (Å²) >= 11 is 0. The minimum atomic E-state index is 0.759. The van der Waals surface area contributed by atoms with Crippen molar-refractivity contribution in [2.45, 2.75) is 20.3 Å². The van der Waals surface area contributed by atoms with Crippen molar-refractivity contribution >= 4 is 0 Å². The molecule has 1 aliphatic rings. The van der Waals surface area contributed by atoms with E-state index in [0.29, 0.717) is 0 Å². The van der Waals surface area contributed by atoms with Crippen LogP contribution in [0.25, 0.3) is 0 Å². The summed E-state index contributed by atoms with van der Waals surface area (Å²) in [5.74, 6) is 1.62. The van der Waals surface area contributed by atoms with Crippen molar-refractivity contribution in [3.8, 4) is 0 Å². The van der Waals surface area contributed by atoms with Crippen molar-refractivity contribution in [1.29, 1.82) is 0 Å². The Labute approximate surface area is 51.6 Å². The smallest absolute Gasteiger partial charge is 0.0176 e. The zero-order valence-corrected chi connectivity index (χ0v) is 5.59. The molecule has 2 unspecified atom stereocenters. The molecule has 1 aliphatic carbocycles. The normalized spacial score (nSPS) is 36.2. The highest BCUT2D eigenvalue weighted by Gasteiger charge is 2.15. The van der Waals surface area contributed by atoms with Gasteiger partial charge in [-0.2, -0.15) is 0 Å². The average molecular weight is 109 g/mol. The fraction of sp³-hybridized carbons (Fsp3) is 0.625. The third kappa shape index (κ3) is 0.936. The molecule has 0 heterocycles. The first-order valence-corrected chi connectivity index (χ1v) is 3.30. The molecule has 0 N–H and O–H groups in total. The number of hydrogen-bond acceptors (Lipinski definition) is 0. The van der Waals surface area contributed by atoms with E-state index in [-0.39, 0.29) is 0 Å². The van der Waals surface area contributed by atoms with Crippen molar-refractivity contribution < 1.29 is 0 Å². The summed E-state index contributed by atoms with van der Waals surface area (Å²) in [6, 6.07) is 0. The molecule has 0 spiro atoms. The van der Waals surface area contributed by atoms with Gasteiger partial charge in [-0.05, 0) is 24.7 Å². The Morgan fingerprint density at radius 3 is 2.62 bits per heavy atom. The molecule has 8 heavy (non-hydrogen) atoms. The lowest BCUT2D eigenvalue weighted by atomic mass is 9.96. The van der Waals surface area contributed by atoms with Crippen LogP contribution in [0.1, 0.15) is 20.3 Å². The Balaban J connectivity index is 2.41. The SMILES string of the molecule is C[CH]C1C=CCC1C. The van der Waals surface area contributed by atoms with Crippen LogP contribution in [0.2, 0.25) is 0 Å². The summed E-state index contributed by atoms with van der Waals surface area (Å²) in [4.78, 5) is 0. The Morgan fingerprint density at radius 2 is 2.38 bits per heavy atom. The van der Waals surface area contributed by atoms with Crippen LogP contribution in [0.4, 0.5) is 0 Å². The van der Waals surface area contributed by atoms with Gasteiger partial charge in [0.2, 0.25) is 0 Å². The fourth-order valence-electron chi connectivity index (χ4n) is 1.24. The second-order valence-corrected chi connectivity index (χ2v) is 2.55. The Hall–Kier alpha value is -0.260. The maximum Gasteiger partial charge on any atom is -0.0176 e. The van der Waals surface area contributed by atoms with E-state index < -0.39 is 0 Å². The zero-order chi connectivity index (χ0) is 5.98. The van der Waals surface area contributed by atoms with Gasteiger partial charge in [0.15, 0.2) is 0 Å². The zero-order valence-electron chi connectivity index (χ0n) is 5.59. The predicted molar refractivity (Wildman–Crippen MR) is 36.4 cm³/mol. The molecule has 0 fully saturated rings. The topological polar surface area (TPSA) is 0 Å². The highest BCUT2D eigenvalue weighted by Crippen LogP contribution is 2.25. The van der Waals surface area contributed by atoms with Crippen LogP contribution in [0.15, 0.2) is 12.2 Å². The van der Waals surface area contributed by atoms with Crippen molar-refractivity contribution in [2.24, 2.45) is 11.8 Å². The minimum Gasteiger partial charge on any atom is -0.0880 e. The summed E-state index contributed by atoms with van der Waals surface area (Å²) in [5.41, 5.74) is 0. The van der Waals surface area contributed by atoms with Gasteiger partial charge < -0.3 is 0 Å². The van der Waals surface area contributed by atoms with E-state index in [1.807, 2.05) is 0 Å². The molecule has 0 aliphatic heterocycles. The highest BCUT2D eigenvalue weighted by atomic mass is 14.2. The summed E-state index contributed by atoms with van der Waals surface area (Å²) in [5, 5.41) is 0. The standard InChI is InChI=1S/C8H13/c1-3-8-6-4-5-7(8)2/h3-4,6-8H,5H2,1-2H3. The monoisotopic (exact) mass is 109 g/mol. The molecule has 0 saturated heterocycles. The summed E-state index contributed by atoms with van der Waals surface area (Å²) in [6.45, 7) is 4.43. The molecular weight excluding hydrogens is 96.1 g/mol. The van der Waals surface area contributed by atoms with Crippen molar-refractivity contribution in [3.05, 3.63) is 18.6 Å². The predicted octanol–water partition coefficient (Wildman–Crippen LogP) is 2.42. The van der Waals surface area contributed by atoms with E-state index in [9.17, 15) is 0 Å². The van der Waals surface area contributed by atoms with Crippen LogP contribution in [0.5, 0.6) is 0 Å². The fourth-order valence-corrected chi connectivity index (χ4v) is 1.24. The Kier molecular flexibility index (Phi) is 1.72. The molecule has 1 rings (SSSR count). The molecular formula is C8H13. The number of rotatable bonds is 1. The Bertz CT molecular complexity index is 92.2. The van der Waals surface area contributed by atoms with Gasteiger partial charge in [-0.3, -0.25) is 0 Å². The van der Waals surface area contributed by atoms with Crippen molar-refractivity contribution in [3.63, 3.8) is 0 Å². The summed E-state index contributed by atoms with van der Waals surface area (Å²) in [6.07, 6.45) is 8.11. The Morgan fingerprint density at radius 1 is 1.62 bits per heavy atom. The molecule has 0 aromatic rings. The molecule has 0 amide bonds. The maximum absolute atomic E-state index is 2.30. The van der Waals surface area contributed by atoms with Crippen molar-refractivity contribution in [1.82, 2.24) is 0 Å². The van der Waals surface area contributed by atoms with Crippen LogP contribution in [0, 0.1) is 18.3 Å². The third-order valence-corrected chi connectivity index (χ3v) is 1.91. The van der Waals surface area contributed by atoms with Crippen LogP contribution >= 0.6 is 0 Å². The number of allylic oxidation sites excluding steroid dienone is 2. The molecule has 0 aromatic heterocycles. The van der Waals surface area contributed by atoms with Gasteiger partial charge in [-0.1, -0.05) is 26.0 Å². The molecule has 1 radical (unpaired) electrons. The van der Waals surface area contributed by atoms with Gasteiger partial charge in [0.1, 0.15) is 0 Å². The van der Waals surface area contributed by atoms with Gasteiger partial charge in [-0.15, -0.1) is 0 Å². The lowest BCUT2D eigenvalue weighted by Crippen LogP contribution is -2.01. The van der Waals surface area contributed by atoms with Crippen LogP contribution in [-0.2, 0) is 0 Å². The van der Waals surface area contributed by atoms with Gasteiger partial charge in [0.05, 0.1) is 0 Å². The number of hydrogen-bond donors (Lipinski definition) is 0. The second kappa shape index (κ2) is 2.34. The van der Waals surface area contributed by atoms with Crippen LogP contribution < -0.4 is 0 Å². The molecule has 45 valence electrons. The molecule has 0 saturated carbocycles. The molecule has 2 atom stereocenters. The van der Waals surface area contributed by atoms with Gasteiger partial charge >= 0.3 is 0 Å². The molecule has 0 heteroatoms. The van der Waals surface area contributed by atoms with E-state index in [4.69, 9.17) is 0 Å². The van der Waals surface area contributed by atoms with E-state index in [2.05, 4.69) is 32.4 Å². The molecule has 0 nitrogen and oxygen atoms in total. The lowest BCUT2D eigenvalue weighted by Gasteiger charge is -2.09. The average Bonchev–Trinajstić information content (AvgIpc) is 2.14. The third-order valence-electron chi connectivity index (χ3n) is 1.91. The van der Waals surface area contributed by atoms with Crippen LogP contribution in [-0.4, -0.2) is 0 Å². The molecule has 0 bridgehead atoms. The summed E-state index contributed by atoms with van der Waals surface area (Å²) in [7, 11) is 0. The van der Waals surface area contributed by atoms with Crippen LogP contribution in [0.3, 0.4) is 0 Å². The lowest BCUT2D eigenvalue weighted by molar-refractivity contribution is 0.513.